The second-order valence-electron chi connectivity index (χ2n) is 14.1. The van der Waals surface area contributed by atoms with E-state index in [1.165, 1.54) is 39.0 Å². The molecule has 0 aromatic carbocycles. The molecule has 282 valence electrons. The Balaban J connectivity index is 2.15. The van der Waals surface area contributed by atoms with Crippen molar-refractivity contribution in [3.63, 3.8) is 0 Å². The number of ether oxygens (including phenoxy) is 8. The van der Waals surface area contributed by atoms with E-state index in [-0.39, 0.29) is 31.1 Å². The van der Waals surface area contributed by atoms with Crippen molar-refractivity contribution >= 4 is 41.8 Å². The monoisotopic (exact) mass is 722 g/mol. The van der Waals surface area contributed by atoms with Gasteiger partial charge in [-0.05, 0) is 30.6 Å². The highest BCUT2D eigenvalue weighted by Crippen LogP contribution is 2.63. The molecule has 0 bridgehead atoms. The van der Waals surface area contributed by atoms with E-state index in [1.807, 2.05) is 0 Å². The Kier molecular flexibility index (Phi) is 11.4. The molecule has 2 saturated heterocycles. The topological polar surface area (TPSA) is 217 Å². The fourth-order valence-electron chi connectivity index (χ4n) is 7.63. The van der Waals surface area contributed by atoms with Gasteiger partial charge in [0.25, 0.3) is 0 Å². The van der Waals surface area contributed by atoms with Crippen LogP contribution in [-0.4, -0.2) is 108 Å². The van der Waals surface area contributed by atoms with Crippen LogP contribution in [0.5, 0.6) is 0 Å². The second kappa shape index (κ2) is 14.7. The smallest absolute Gasteiger partial charge is 0.312 e. The van der Waals surface area contributed by atoms with E-state index >= 15 is 0 Å². The first kappa shape index (κ1) is 39.5. The van der Waals surface area contributed by atoms with Crippen LogP contribution < -0.4 is 0 Å². The van der Waals surface area contributed by atoms with Gasteiger partial charge < -0.3 is 43.0 Å². The van der Waals surface area contributed by atoms with Gasteiger partial charge in [0.15, 0.2) is 30.0 Å². The van der Waals surface area contributed by atoms with Crippen LogP contribution in [0.1, 0.15) is 68.7 Å². The third-order valence-electron chi connectivity index (χ3n) is 9.79. The lowest BCUT2D eigenvalue weighted by Crippen LogP contribution is -2.76. The molecule has 2 aliphatic heterocycles. The van der Waals surface area contributed by atoms with Crippen molar-refractivity contribution in [2.45, 2.75) is 117 Å². The average Bonchev–Trinajstić information content (AvgIpc) is 3.75. The highest BCUT2D eigenvalue weighted by molar-refractivity contribution is 5.78. The number of rotatable bonds is 9. The highest BCUT2D eigenvalue weighted by atomic mass is 16.7. The van der Waals surface area contributed by atoms with Gasteiger partial charge in [0.05, 0.1) is 17.9 Å². The molecule has 3 fully saturated rings. The zero-order chi connectivity index (χ0) is 38.2. The summed E-state index contributed by atoms with van der Waals surface area (Å²) in [5, 5.41) is 12.8. The first-order valence-corrected chi connectivity index (χ1v) is 16.7. The van der Waals surface area contributed by atoms with Crippen molar-refractivity contribution in [3.8, 4) is 0 Å². The molecule has 0 unspecified atom stereocenters. The highest BCUT2D eigenvalue weighted by Gasteiger charge is 2.81. The van der Waals surface area contributed by atoms with Crippen molar-refractivity contribution < 1.29 is 76.6 Å². The number of carbonyl (C=O) groups excluding carboxylic acids is 7. The van der Waals surface area contributed by atoms with Crippen LogP contribution in [0.15, 0.2) is 23.8 Å². The van der Waals surface area contributed by atoms with E-state index in [2.05, 4.69) is 0 Å². The molecule has 0 amide bonds. The third kappa shape index (κ3) is 7.66. The Morgan fingerprint density at radius 2 is 1.41 bits per heavy atom. The molecule has 11 atom stereocenters. The van der Waals surface area contributed by atoms with Gasteiger partial charge in [-0.2, -0.15) is 0 Å². The number of esters is 7. The van der Waals surface area contributed by atoms with Crippen molar-refractivity contribution in [2.24, 2.45) is 23.2 Å². The Labute approximate surface area is 295 Å². The van der Waals surface area contributed by atoms with Crippen molar-refractivity contribution in [2.75, 3.05) is 13.2 Å². The van der Waals surface area contributed by atoms with Crippen LogP contribution >= 0.6 is 0 Å². The predicted octanol–water partition coefficient (Wildman–Crippen LogP) is 1.43. The minimum atomic E-state index is -2.43. The molecular weight excluding hydrogens is 676 g/mol. The molecule has 0 radical (unpaired) electrons. The maximum absolute atomic E-state index is 13.4. The van der Waals surface area contributed by atoms with Gasteiger partial charge in [-0.1, -0.05) is 26.8 Å². The summed E-state index contributed by atoms with van der Waals surface area (Å²) in [5.41, 5.74) is -5.91. The van der Waals surface area contributed by atoms with E-state index in [0.717, 1.165) is 27.7 Å². The van der Waals surface area contributed by atoms with Crippen LogP contribution in [0.4, 0.5) is 0 Å². The maximum atomic E-state index is 13.4. The summed E-state index contributed by atoms with van der Waals surface area (Å²) in [6, 6.07) is 0. The maximum Gasteiger partial charge on any atom is 0.312 e. The Bertz CT molecular complexity index is 1510. The van der Waals surface area contributed by atoms with Crippen molar-refractivity contribution in [3.05, 3.63) is 23.8 Å². The van der Waals surface area contributed by atoms with E-state index in [4.69, 9.17) is 37.9 Å². The van der Waals surface area contributed by atoms with Crippen LogP contribution in [0, 0.1) is 23.2 Å². The summed E-state index contributed by atoms with van der Waals surface area (Å²) < 4.78 is 46.6. The van der Waals surface area contributed by atoms with Crippen LogP contribution in [-0.2, 0) is 71.5 Å². The number of aliphatic hydroxyl groups is 1. The van der Waals surface area contributed by atoms with Gasteiger partial charge in [0, 0.05) is 47.0 Å². The number of hydrogen-bond donors (Lipinski definition) is 1. The summed E-state index contributed by atoms with van der Waals surface area (Å²) in [6.07, 6.45) is -5.58. The molecule has 1 saturated carbocycles. The lowest BCUT2D eigenvalue weighted by atomic mass is 9.51. The third-order valence-corrected chi connectivity index (χ3v) is 9.79. The zero-order valence-corrected chi connectivity index (χ0v) is 30.1. The lowest BCUT2D eigenvalue weighted by molar-refractivity contribution is -0.279. The molecule has 51 heavy (non-hydrogen) atoms. The minimum Gasteiger partial charge on any atom is -0.461 e. The number of epoxide rings is 1. The van der Waals surface area contributed by atoms with Gasteiger partial charge in [0.1, 0.15) is 24.4 Å². The molecule has 4 aliphatic rings. The van der Waals surface area contributed by atoms with E-state index in [0.29, 0.717) is 0 Å². The summed E-state index contributed by atoms with van der Waals surface area (Å²) >= 11 is 0. The predicted molar refractivity (Wildman–Crippen MR) is 170 cm³/mol. The Morgan fingerprint density at radius 3 is 1.92 bits per heavy atom. The van der Waals surface area contributed by atoms with Gasteiger partial charge in [-0.15, -0.1) is 0 Å². The number of hydrogen-bond acceptors (Lipinski definition) is 16. The van der Waals surface area contributed by atoms with Gasteiger partial charge in [-0.3, -0.25) is 33.6 Å². The lowest BCUT2D eigenvalue weighted by Gasteiger charge is -2.59. The fraction of sp³-hybridized carbons (Fsp3) is 0.686. The number of carbonyl (C=O) groups is 7. The average molecular weight is 723 g/mol. The molecule has 4 rings (SSSR count). The molecule has 16 heteroatoms. The Hall–Kier alpha value is -4.31. The quantitative estimate of drug-likeness (QED) is 0.202. The van der Waals surface area contributed by atoms with Gasteiger partial charge >= 0.3 is 41.8 Å². The minimum absolute atomic E-state index is 0.0872. The standard InChI is InChI=1S/C35H46O16/c1-16(2)12-26(41)51-27-29(47-20(6)38)33(9)24(46-19(5)37)11-10-23(14-44-18(4)36)13-25-35(43,17(3)32(42)50-25)31(49-22(8)40)28(33)34(15-45-34)30(27)48-21(7)39/h10-11,13,16-17,24-25,27-31,43H,12,14-15H2,1-9H3/t17-,24-,25-,27+,28+,29-,30+,31-,33+,34-,35-/m0/s1. The summed E-state index contributed by atoms with van der Waals surface area (Å²) in [5.74, 6) is -8.76. The molecule has 16 nitrogen and oxygen atoms in total. The zero-order valence-electron chi connectivity index (χ0n) is 30.1. The molecule has 2 aliphatic carbocycles. The van der Waals surface area contributed by atoms with E-state index < -0.39 is 107 Å². The SMILES string of the molecule is CC(=O)OCC1=C[C@@H]2OC(=O)[C@H](C)[C@@]2(O)[C@@H](OC(C)=O)[C@H]2[C@@]3(CO3)[C@H](OC(C)=O)[C@H](OC(=O)CC(C)C)[C@H](OC(C)=O)[C@]2(C)[C@@H](OC(C)=O)C=C1. The molecule has 0 aromatic rings. The van der Waals surface area contributed by atoms with Crippen LogP contribution in [0.2, 0.25) is 0 Å². The molecular formula is C35H46O16. The number of fused-ring (bicyclic) bond motifs is 3. The summed E-state index contributed by atoms with van der Waals surface area (Å²) in [6.45, 7) is 11.3. The molecule has 1 spiro atoms. The molecule has 0 aromatic heterocycles. The van der Waals surface area contributed by atoms with Gasteiger partial charge in [-0.25, -0.2) is 0 Å². The van der Waals surface area contributed by atoms with Crippen LogP contribution in [0.3, 0.4) is 0 Å². The first-order chi connectivity index (χ1) is 23.7. The van der Waals surface area contributed by atoms with E-state index in [9.17, 15) is 38.7 Å². The van der Waals surface area contributed by atoms with Crippen molar-refractivity contribution in [1.29, 1.82) is 0 Å². The van der Waals surface area contributed by atoms with Crippen LogP contribution in [0.25, 0.3) is 0 Å². The molecule has 2 heterocycles. The normalized spacial score (nSPS) is 36.8. The van der Waals surface area contributed by atoms with Crippen molar-refractivity contribution in [1.82, 2.24) is 0 Å². The Morgan fingerprint density at radius 1 is 0.863 bits per heavy atom. The molecule has 1 N–H and O–H groups in total. The summed E-state index contributed by atoms with van der Waals surface area (Å²) in [7, 11) is 0. The summed E-state index contributed by atoms with van der Waals surface area (Å²) in [4.78, 5) is 90.0. The largest absolute Gasteiger partial charge is 0.461 e. The fourth-order valence-corrected chi connectivity index (χ4v) is 7.63. The first-order valence-electron chi connectivity index (χ1n) is 16.7. The van der Waals surface area contributed by atoms with Gasteiger partial charge in [0.2, 0.25) is 0 Å². The van der Waals surface area contributed by atoms with E-state index in [1.54, 1.807) is 13.8 Å². The second-order valence-corrected chi connectivity index (χ2v) is 14.1.